The topological polar surface area (TPSA) is 81.5 Å². The third-order valence-corrected chi connectivity index (χ3v) is 2.97. The van der Waals surface area contributed by atoms with Crippen LogP contribution in [0.15, 0.2) is 47.0 Å². The van der Waals surface area contributed by atoms with E-state index in [0.717, 1.165) is 22.5 Å². The molecule has 4 N–H and O–H groups in total. The Labute approximate surface area is 98.3 Å². The van der Waals surface area contributed by atoms with Crippen LogP contribution in [0, 0.1) is 0 Å². The van der Waals surface area contributed by atoms with Crippen LogP contribution in [0.1, 0.15) is 5.56 Å². The van der Waals surface area contributed by atoms with E-state index in [9.17, 15) is 4.79 Å². The van der Waals surface area contributed by atoms with Crippen molar-refractivity contribution in [3.63, 3.8) is 0 Å². The molecule has 1 atom stereocenters. The molecule has 0 radical (unpaired) electrons. The molecule has 0 fully saturated rings. The molecule has 1 heterocycles. The van der Waals surface area contributed by atoms with Crippen LogP contribution >= 0.6 is 0 Å². The Hall–Kier alpha value is -2.20. The van der Waals surface area contributed by atoms with Crippen LogP contribution < -0.4 is 11.5 Å². The van der Waals surface area contributed by atoms with E-state index in [2.05, 4.69) is 4.99 Å². The van der Waals surface area contributed by atoms with Gasteiger partial charge in [-0.25, -0.2) is 0 Å². The van der Waals surface area contributed by atoms with Gasteiger partial charge in [0, 0.05) is 16.7 Å². The summed E-state index contributed by atoms with van der Waals surface area (Å²) in [5.41, 5.74) is 15.3. The van der Waals surface area contributed by atoms with Crippen LogP contribution in [-0.2, 0) is 4.79 Å². The van der Waals surface area contributed by atoms with Gasteiger partial charge in [0.15, 0.2) is 0 Å². The van der Waals surface area contributed by atoms with Crippen LogP contribution in [-0.4, -0.2) is 17.7 Å². The predicted octanol–water partition coefficient (Wildman–Crippen LogP) is 0.909. The van der Waals surface area contributed by atoms with Crippen molar-refractivity contribution in [2.75, 3.05) is 0 Å². The van der Waals surface area contributed by atoms with Crippen molar-refractivity contribution >= 4 is 22.9 Å². The standard InChI is InChI=1S/C13H11N3O/c14-10-6-7(13(15)17)5-9-8-3-1-2-4-11(8)16-12(9)10/h1-6,10H,14H2,(H2,15,17). The normalized spacial score (nSPS) is 21.0. The molecule has 4 nitrogen and oxygen atoms in total. The smallest absolute Gasteiger partial charge is 0.248 e. The van der Waals surface area contributed by atoms with Crippen molar-refractivity contribution in [2.24, 2.45) is 16.5 Å². The van der Waals surface area contributed by atoms with E-state index in [-0.39, 0.29) is 6.04 Å². The monoisotopic (exact) mass is 225 g/mol. The Morgan fingerprint density at radius 1 is 1.29 bits per heavy atom. The van der Waals surface area contributed by atoms with Crippen molar-refractivity contribution < 1.29 is 4.79 Å². The predicted molar refractivity (Wildman–Crippen MR) is 66.8 cm³/mol. The lowest BCUT2D eigenvalue weighted by atomic mass is 9.90. The van der Waals surface area contributed by atoms with Gasteiger partial charge in [-0.1, -0.05) is 18.2 Å². The van der Waals surface area contributed by atoms with E-state index >= 15 is 0 Å². The summed E-state index contributed by atoms with van der Waals surface area (Å²) in [7, 11) is 0. The van der Waals surface area contributed by atoms with Gasteiger partial charge in [-0.2, -0.15) is 0 Å². The quantitative estimate of drug-likeness (QED) is 0.744. The van der Waals surface area contributed by atoms with Gasteiger partial charge in [0.1, 0.15) is 0 Å². The molecular formula is C13H11N3O. The van der Waals surface area contributed by atoms with Crippen molar-refractivity contribution in [3.05, 3.63) is 47.6 Å². The van der Waals surface area contributed by atoms with Crippen LogP contribution in [0.3, 0.4) is 0 Å². The molecule has 4 heteroatoms. The van der Waals surface area contributed by atoms with Gasteiger partial charge in [-0.3, -0.25) is 9.79 Å². The maximum Gasteiger partial charge on any atom is 0.248 e. The molecule has 1 aromatic rings. The molecule has 17 heavy (non-hydrogen) atoms. The molecule has 1 aromatic carbocycles. The van der Waals surface area contributed by atoms with E-state index in [0.29, 0.717) is 5.57 Å². The number of hydrogen-bond acceptors (Lipinski definition) is 3. The summed E-state index contributed by atoms with van der Waals surface area (Å²) in [4.78, 5) is 15.7. The first-order chi connectivity index (χ1) is 8.16. The number of aliphatic imine (C=N–C) groups is 1. The Bertz CT molecular complexity index is 611. The molecule has 0 aromatic heterocycles. The molecule has 0 spiro atoms. The van der Waals surface area contributed by atoms with Gasteiger partial charge in [0.05, 0.1) is 17.4 Å². The second kappa shape index (κ2) is 3.40. The zero-order chi connectivity index (χ0) is 12.0. The summed E-state index contributed by atoms with van der Waals surface area (Å²) >= 11 is 0. The summed E-state index contributed by atoms with van der Waals surface area (Å²) in [6, 6.07) is 7.39. The molecule has 1 unspecified atom stereocenters. The number of fused-ring (bicyclic) bond motifs is 3. The Morgan fingerprint density at radius 3 is 2.82 bits per heavy atom. The second-order valence-corrected chi connectivity index (χ2v) is 4.08. The average molecular weight is 225 g/mol. The summed E-state index contributed by atoms with van der Waals surface area (Å²) in [5.74, 6) is -0.462. The fraction of sp³-hybridized carbons (Fsp3) is 0.0769. The molecule has 1 aliphatic carbocycles. The molecule has 1 amide bonds. The van der Waals surface area contributed by atoms with Crippen LogP contribution in [0.4, 0.5) is 5.69 Å². The number of amides is 1. The third-order valence-electron chi connectivity index (χ3n) is 2.97. The van der Waals surface area contributed by atoms with Crippen molar-refractivity contribution in [1.82, 2.24) is 0 Å². The zero-order valence-electron chi connectivity index (χ0n) is 9.05. The summed E-state index contributed by atoms with van der Waals surface area (Å²) in [5, 5.41) is 0. The number of primary amides is 1. The first-order valence-electron chi connectivity index (χ1n) is 5.34. The molecule has 0 saturated heterocycles. The van der Waals surface area contributed by atoms with Crippen molar-refractivity contribution in [3.8, 4) is 0 Å². The number of benzene rings is 1. The SMILES string of the molecule is NC(=O)C1=CC(N)C2=Nc3ccccc3C2=C1. The number of carbonyl (C=O) groups excluding carboxylic acids is 1. The molecule has 2 aliphatic rings. The molecule has 84 valence electrons. The number of para-hydroxylation sites is 1. The van der Waals surface area contributed by atoms with Gasteiger partial charge in [0.2, 0.25) is 5.91 Å². The van der Waals surface area contributed by atoms with Gasteiger partial charge in [-0.05, 0) is 18.2 Å². The Morgan fingerprint density at radius 2 is 2.06 bits per heavy atom. The van der Waals surface area contributed by atoms with E-state index in [1.807, 2.05) is 24.3 Å². The molecule has 0 bridgehead atoms. The fourth-order valence-electron chi connectivity index (χ4n) is 2.16. The largest absolute Gasteiger partial charge is 0.366 e. The minimum atomic E-state index is -0.462. The zero-order valence-corrected chi connectivity index (χ0v) is 9.05. The van der Waals surface area contributed by atoms with Crippen LogP contribution in [0.25, 0.3) is 5.57 Å². The Balaban J connectivity index is 2.18. The van der Waals surface area contributed by atoms with E-state index in [1.54, 1.807) is 12.2 Å². The maximum atomic E-state index is 11.2. The van der Waals surface area contributed by atoms with E-state index in [1.165, 1.54) is 0 Å². The highest BCUT2D eigenvalue weighted by Gasteiger charge is 2.28. The molecule has 0 saturated carbocycles. The highest BCUT2D eigenvalue weighted by atomic mass is 16.1. The van der Waals surface area contributed by atoms with Crippen LogP contribution in [0.2, 0.25) is 0 Å². The molecule has 1 aliphatic heterocycles. The molecule has 3 rings (SSSR count). The van der Waals surface area contributed by atoms with Gasteiger partial charge < -0.3 is 11.5 Å². The maximum absolute atomic E-state index is 11.2. The molecular weight excluding hydrogens is 214 g/mol. The summed E-state index contributed by atoms with van der Waals surface area (Å²) < 4.78 is 0. The lowest BCUT2D eigenvalue weighted by Gasteiger charge is -2.16. The number of nitrogens with zero attached hydrogens (tertiary/aromatic N) is 1. The van der Waals surface area contributed by atoms with Gasteiger partial charge in [0.25, 0.3) is 0 Å². The number of nitrogens with two attached hydrogens (primary N) is 2. The highest BCUT2D eigenvalue weighted by molar-refractivity contribution is 6.33. The minimum Gasteiger partial charge on any atom is -0.366 e. The minimum absolute atomic E-state index is 0.370. The fourth-order valence-corrected chi connectivity index (χ4v) is 2.16. The summed E-state index contributed by atoms with van der Waals surface area (Å²) in [6.45, 7) is 0. The first kappa shape index (κ1) is 9.99. The summed E-state index contributed by atoms with van der Waals surface area (Å²) in [6.07, 6.45) is 3.41. The number of hydrogen-bond donors (Lipinski definition) is 2. The van der Waals surface area contributed by atoms with Gasteiger partial charge in [-0.15, -0.1) is 0 Å². The lowest BCUT2D eigenvalue weighted by molar-refractivity contribution is -0.114. The highest BCUT2D eigenvalue weighted by Crippen LogP contribution is 2.37. The van der Waals surface area contributed by atoms with Gasteiger partial charge >= 0.3 is 0 Å². The number of carbonyl (C=O) groups is 1. The lowest BCUT2D eigenvalue weighted by Crippen LogP contribution is -2.32. The van der Waals surface area contributed by atoms with Crippen LogP contribution in [0.5, 0.6) is 0 Å². The van der Waals surface area contributed by atoms with E-state index < -0.39 is 5.91 Å². The average Bonchev–Trinajstić information content (AvgIpc) is 2.68. The van der Waals surface area contributed by atoms with Crippen molar-refractivity contribution in [2.45, 2.75) is 6.04 Å². The third kappa shape index (κ3) is 1.42. The second-order valence-electron chi connectivity index (χ2n) is 4.08. The van der Waals surface area contributed by atoms with E-state index in [4.69, 9.17) is 11.5 Å². The first-order valence-corrected chi connectivity index (χ1v) is 5.34. The number of rotatable bonds is 1. The Kier molecular flexibility index (Phi) is 2.00. The van der Waals surface area contributed by atoms with Crippen molar-refractivity contribution in [1.29, 1.82) is 0 Å².